The van der Waals surface area contributed by atoms with Crippen LogP contribution in [0, 0.1) is 0 Å². The predicted octanol–water partition coefficient (Wildman–Crippen LogP) is 1.34. The average Bonchev–Trinajstić information content (AvgIpc) is 2.41. The summed E-state index contributed by atoms with van der Waals surface area (Å²) in [5.74, 6) is -0.434. The van der Waals surface area contributed by atoms with Gasteiger partial charge in [-0.2, -0.15) is 8.78 Å². The standard InChI is InChI=1S/C12H14F2N2O3/c13-12(14)19-10-7-8(1-2-9(10)15)11(17)16-3-5-18-6-4-16/h1-2,7,12H,3-6,15H2. The molecule has 0 aliphatic carbocycles. The number of rotatable bonds is 3. The number of nitrogen functional groups attached to an aromatic ring is 1. The lowest BCUT2D eigenvalue weighted by Crippen LogP contribution is -2.40. The number of carbonyl (C=O) groups is 1. The van der Waals surface area contributed by atoms with Gasteiger partial charge in [0.2, 0.25) is 0 Å². The number of alkyl halides is 2. The summed E-state index contributed by atoms with van der Waals surface area (Å²) in [7, 11) is 0. The molecule has 1 saturated heterocycles. The van der Waals surface area contributed by atoms with Gasteiger partial charge in [0, 0.05) is 18.7 Å². The van der Waals surface area contributed by atoms with Crippen molar-refractivity contribution >= 4 is 11.6 Å². The van der Waals surface area contributed by atoms with E-state index in [9.17, 15) is 13.6 Å². The van der Waals surface area contributed by atoms with Crippen molar-refractivity contribution < 1.29 is 23.0 Å². The van der Waals surface area contributed by atoms with Crippen molar-refractivity contribution in [3.05, 3.63) is 23.8 Å². The van der Waals surface area contributed by atoms with E-state index in [1.807, 2.05) is 0 Å². The lowest BCUT2D eigenvalue weighted by molar-refractivity contribution is -0.0493. The van der Waals surface area contributed by atoms with Crippen LogP contribution in [-0.2, 0) is 4.74 Å². The van der Waals surface area contributed by atoms with E-state index >= 15 is 0 Å². The van der Waals surface area contributed by atoms with Crippen LogP contribution in [0.5, 0.6) is 5.75 Å². The smallest absolute Gasteiger partial charge is 0.387 e. The molecule has 0 atom stereocenters. The second-order valence-electron chi connectivity index (χ2n) is 4.04. The zero-order valence-corrected chi connectivity index (χ0v) is 10.1. The highest BCUT2D eigenvalue weighted by atomic mass is 19.3. The Morgan fingerprint density at radius 1 is 1.37 bits per heavy atom. The largest absolute Gasteiger partial charge is 0.433 e. The Morgan fingerprint density at radius 2 is 2.05 bits per heavy atom. The fraction of sp³-hybridized carbons (Fsp3) is 0.417. The fourth-order valence-electron chi connectivity index (χ4n) is 1.81. The van der Waals surface area contributed by atoms with Gasteiger partial charge >= 0.3 is 6.61 Å². The van der Waals surface area contributed by atoms with Gasteiger partial charge in [0.1, 0.15) is 5.75 Å². The van der Waals surface area contributed by atoms with Crippen LogP contribution in [0.1, 0.15) is 10.4 Å². The maximum Gasteiger partial charge on any atom is 0.387 e. The Bertz CT molecular complexity index is 462. The number of anilines is 1. The summed E-state index contributed by atoms with van der Waals surface area (Å²) < 4.78 is 33.8. The highest BCUT2D eigenvalue weighted by Gasteiger charge is 2.20. The Morgan fingerprint density at radius 3 is 2.68 bits per heavy atom. The SMILES string of the molecule is Nc1ccc(C(=O)N2CCOCC2)cc1OC(F)F. The predicted molar refractivity (Wildman–Crippen MR) is 64.2 cm³/mol. The summed E-state index contributed by atoms with van der Waals surface area (Å²) in [6.45, 7) is -1.07. The first-order valence-corrected chi connectivity index (χ1v) is 5.79. The summed E-state index contributed by atoms with van der Waals surface area (Å²) in [6, 6.07) is 4.11. The van der Waals surface area contributed by atoms with E-state index in [-0.39, 0.29) is 22.9 Å². The van der Waals surface area contributed by atoms with Gasteiger partial charge in [-0.15, -0.1) is 0 Å². The van der Waals surface area contributed by atoms with Gasteiger partial charge in [0.05, 0.1) is 18.9 Å². The molecule has 1 aromatic rings. The molecule has 0 bridgehead atoms. The first-order valence-electron chi connectivity index (χ1n) is 5.79. The molecule has 7 heteroatoms. The maximum atomic E-state index is 12.2. The Balaban J connectivity index is 2.17. The van der Waals surface area contributed by atoms with Crippen molar-refractivity contribution in [3.8, 4) is 5.75 Å². The summed E-state index contributed by atoms with van der Waals surface area (Å²) >= 11 is 0. The fourth-order valence-corrected chi connectivity index (χ4v) is 1.81. The molecule has 0 radical (unpaired) electrons. The third-order valence-corrected chi connectivity index (χ3v) is 2.77. The summed E-state index contributed by atoms with van der Waals surface area (Å²) in [6.07, 6.45) is 0. The van der Waals surface area contributed by atoms with Crippen LogP contribution in [0.2, 0.25) is 0 Å². The highest BCUT2D eigenvalue weighted by Crippen LogP contribution is 2.25. The zero-order chi connectivity index (χ0) is 13.8. The molecule has 0 saturated carbocycles. The number of hydrogen-bond acceptors (Lipinski definition) is 4. The summed E-state index contributed by atoms with van der Waals surface area (Å²) in [5, 5.41) is 0. The van der Waals surface area contributed by atoms with E-state index in [1.165, 1.54) is 18.2 Å². The molecule has 0 unspecified atom stereocenters. The quantitative estimate of drug-likeness (QED) is 0.843. The minimum absolute atomic E-state index is 0.0684. The van der Waals surface area contributed by atoms with Gasteiger partial charge in [-0.1, -0.05) is 0 Å². The second-order valence-corrected chi connectivity index (χ2v) is 4.04. The number of amides is 1. The number of nitrogens with zero attached hydrogens (tertiary/aromatic N) is 1. The van der Waals surface area contributed by atoms with E-state index in [0.717, 1.165) is 0 Å². The Labute approximate surface area is 108 Å². The van der Waals surface area contributed by atoms with Gasteiger partial charge in [-0.25, -0.2) is 0 Å². The van der Waals surface area contributed by atoms with Gasteiger partial charge in [-0.3, -0.25) is 4.79 Å². The number of carbonyl (C=O) groups excluding carboxylic acids is 1. The maximum absolute atomic E-state index is 12.2. The van der Waals surface area contributed by atoms with E-state index in [0.29, 0.717) is 26.3 Å². The minimum Gasteiger partial charge on any atom is -0.433 e. The number of morpholine rings is 1. The molecular formula is C12H14F2N2O3. The van der Waals surface area contributed by atoms with E-state index in [2.05, 4.69) is 4.74 Å². The number of nitrogens with two attached hydrogens (primary N) is 1. The molecule has 1 aliphatic heterocycles. The number of benzene rings is 1. The molecule has 0 spiro atoms. The minimum atomic E-state index is -2.98. The molecule has 1 heterocycles. The first-order chi connectivity index (χ1) is 9.08. The van der Waals surface area contributed by atoms with Crippen molar-refractivity contribution in [2.75, 3.05) is 32.0 Å². The van der Waals surface area contributed by atoms with Gasteiger partial charge in [0.15, 0.2) is 0 Å². The lowest BCUT2D eigenvalue weighted by atomic mass is 10.1. The van der Waals surface area contributed by atoms with E-state index in [1.54, 1.807) is 4.90 Å². The molecule has 0 aromatic heterocycles. The molecule has 104 valence electrons. The van der Waals surface area contributed by atoms with Crippen LogP contribution in [0.25, 0.3) is 0 Å². The van der Waals surface area contributed by atoms with Gasteiger partial charge in [-0.05, 0) is 18.2 Å². The van der Waals surface area contributed by atoms with Crippen molar-refractivity contribution in [2.24, 2.45) is 0 Å². The van der Waals surface area contributed by atoms with Crippen LogP contribution in [0.4, 0.5) is 14.5 Å². The number of ether oxygens (including phenoxy) is 2. The van der Waals surface area contributed by atoms with Crippen LogP contribution in [-0.4, -0.2) is 43.7 Å². The first kappa shape index (κ1) is 13.5. The Kier molecular flexibility index (Phi) is 4.16. The molecule has 2 rings (SSSR count). The van der Waals surface area contributed by atoms with Crippen LogP contribution in [0.3, 0.4) is 0 Å². The van der Waals surface area contributed by atoms with Crippen molar-refractivity contribution in [1.82, 2.24) is 4.90 Å². The van der Waals surface area contributed by atoms with Crippen molar-refractivity contribution in [3.63, 3.8) is 0 Å². The van der Waals surface area contributed by atoms with Crippen molar-refractivity contribution in [2.45, 2.75) is 6.61 Å². The topological polar surface area (TPSA) is 64.8 Å². The molecule has 19 heavy (non-hydrogen) atoms. The molecular weight excluding hydrogens is 258 g/mol. The van der Waals surface area contributed by atoms with Crippen LogP contribution >= 0.6 is 0 Å². The molecule has 1 aromatic carbocycles. The lowest BCUT2D eigenvalue weighted by Gasteiger charge is -2.27. The summed E-state index contributed by atoms with van der Waals surface area (Å²) in [5.41, 5.74) is 5.85. The average molecular weight is 272 g/mol. The Hall–Kier alpha value is -1.89. The number of hydrogen-bond donors (Lipinski definition) is 1. The van der Waals surface area contributed by atoms with Crippen molar-refractivity contribution in [1.29, 1.82) is 0 Å². The van der Waals surface area contributed by atoms with Crippen LogP contribution < -0.4 is 10.5 Å². The molecule has 2 N–H and O–H groups in total. The molecule has 5 nitrogen and oxygen atoms in total. The van der Waals surface area contributed by atoms with Gasteiger partial charge < -0.3 is 20.1 Å². The summed E-state index contributed by atoms with van der Waals surface area (Å²) in [4.78, 5) is 13.7. The van der Waals surface area contributed by atoms with E-state index < -0.39 is 6.61 Å². The normalized spacial score (nSPS) is 15.6. The van der Waals surface area contributed by atoms with Gasteiger partial charge in [0.25, 0.3) is 5.91 Å². The third-order valence-electron chi connectivity index (χ3n) is 2.77. The van der Waals surface area contributed by atoms with Crippen LogP contribution in [0.15, 0.2) is 18.2 Å². The number of halogens is 2. The monoisotopic (exact) mass is 272 g/mol. The molecule has 1 aliphatic rings. The second kappa shape index (κ2) is 5.83. The third kappa shape index (κ3) is 3.31. The van der Waals surface area contributed by atoms with E-state index in [4.69, 9.17) is 10.5 Å². The zero-order valence-electron chi connectivity index (χ0n) is 10.1. The highest BCUT2D eigenvalue weighted by molar-refractivity contribution is 5.95. The molecule has 1 fully saturated rings. The molecule has 1 amide bonds.